The fourth-order valence-electron chi connectivity index (χ4n) is 3.81. The van der Waals surface area contributed by atoms with E-state index in [1.807, 2.05) is 43.9 Å². The number of nitrogens with zero attached hydrogens (tertiary/aromatic N) is 2. The minimum absolute atomic E-state index is 0.0720. The van der Waals surface area contributed by atoms with Gasteiger partial charge in [0.2, 0.25) is 0 Å². The quantitative estimate of drug-likeness (QED) is 0.530. The molecule has 0 radical (unpaired) electrons. The fraction of sp³-hybridized carbons (Fsp3) is 0.667. The van der Waals surface area contributed by atoms with Crippen LogP contribution < -0.4 is 0 Å². The Kier molecular flexibility index (Phi) is 8.20. The highest BCUT2D eigenvalue weighted by atomic mass is 35.5. The molecule has 0 N–H and O–H groups in total. The van der Waals surface area contributed by atoms with Crippen molar-refractivity contribution in [1.29, 1.82) is 0 Å². The molecule has 1 fully saturated rings. The maximum atomic E-state index is 12.2. The highest BCUT2D eigenvalue weighted by Crippen LogP contribution is 2.36. The van der Waals surface area contributed by atoms with Gasteiger partial charge < -0.3 is 14.5 Å². The van der Waals surface area contributed by atoms with Gasteiger partial charge in [0.05, 0.1) is 10.6 Å². The lowest BCUT2D eigenvalue weighted by Crippen LogP contribution is -2.44. The van der Waals surface area contributed by atoms with Gasteiger partial charge in [-0.25, -0.2) is 4.79 Å². The number of halogens is 1. The minimum atomic E-state index is -0.446. The average molecular weight is 437 g/mol. The summed E-state index contributed by atoms with van der Waals surface area (Å²) in [4.78, 5) is 27.7. The number of benzene rings is 1. The first-order chi connectivity index (χ1) is 13.9. The van der Waals surface area contributed by atoms with Gasteiger partial charge in [-0.3, -0.25) is 4.79 Å². The van der Waals surface area contributed by atoms with Gasteiger partial charge in [-0.05, 0) is 76.0 Å². The molecule has 168 valence electrons. The lowest BCUT2D eigenvalue weighted by Gasteiger charge is -2.40. The van der Waals surface area contributed by atoms with E-state index in [1.165, 1.54) is 10.5 Å². The molecule has 0 spiro atoms. The lowest BCUT2D eigenvalue weighted by molar-refractivity contribution is 0.0108. The standard InChI is InChI=1S/C24H37ClN2O3/c1-23(2,3)30-22(29)27-15-13-24(4,14-16-27)12-8-7-9-18-10-11-19(20(25)17-18)21(28)26(5)6/h10-11,17H,7-9,12-16H2,1-6H3. The summed E-state index contributed by atoms with van der Waals surface area (Å²) in [5.74, 6) is -0.0720. The summed E-state index contributed by atoms with van der Waals surface area (Å²) < 4.78 is 5.49. The van der Waals surface area contributed by atoms with Crippen LogP contribution in [0.25, 0.3) is 0 Å². The van der Waals surface area contributed by atoms with Gasteiger partial charge in [0.15, 0.2) is 0 Å². The second kappa shape index (κ2) is 10.0. The molecule has 1 aliphatic heterocycles. The van der Waals surface area contributed by atoms with Crippen LogP contribution in [0.4, 0.5) is 4.79 Å². The van der Waals surface area contributed by atoms with Gasteiger partial charge >= 0.3 is 6.09 Å². The predicted octanol–water partition coefficient (Wildman–Crippen LogP) is 5.79. The number of carbonyl (C=O) groups excluding carboxylic acids is 2. The Balaban J connectivity index is 1.76. The maximum absolute atomic E-state index is 12.2. The number of aryl methyl sites for hydroxylation is 1. The molecular formula is C24H37ClN2O3. The van der Waals surface area contributed by atoms with Crippen molar-refractivity contribution >= 4 is 23.6 Å². The van der Waals surface area contributed by atoms with Crippen LogP contribution in [0.3, 0.4) is 0 Å². The van der Waals surface area contributed by atoms with E-state index in [1.54, 1.807) is 14.1 Å². The Labute approximate surface area is 186 Å². The summed E-state index contributed by atoms with van der Waals surface area (Å²) in [6.45, 7) is 9.57. The van der Waals surface area contributed by atoms with Crippen molar-refractivity contribution < 1.29 is 14.3 Å². The van der Waals surface area contributed by atoms with Crippen molar-refractivity contribution in [2.24, 2.45) is 5.41 Å². The molecule has 1 aliphatic rings. The van der Waals surface area contributed by atoms with Gasteiger partial charge in [0, 0.05) is 27.2 Å². The van der Waals surface area contributed by atoms with Crippen molar-refractivity contribution in [1.82, 2.24) is 9.80 Å². The first kappa shape index (κ1) is 24.5. The van der Waals surface area contributed by atoms with Crippen molar-refractivity contribution in [2.45, 2.75) is 71.8 Å². The molecule has 0 atom stereocenters. The molecule has 30 heavy (non-hydrogen) atoms. The number of ether oxygens (including phenoxy) is 1. The lowest BCUT2D eigenvalue weighted by atomic mass is 9.76. The number of unbranched alkanes of at least 4 members (excludes halogenated alkanes) is 1. The number of likely N-dealkylation sites (tertiary alicyclic amines) is 1. The SMILES string of the molecule is CN(C)C(=O)c1ccc(CCCCC2(C)CCN(C(=O)OC(C)(C)C)CC2)cc1Cl. The van der Waals surface area contributed by atoms with Crippen LogP contribution in [0.2, 0.25) is 5.02 Å². The van der Waals surface area contributed by atoms with Gasteiger partial charge in [-0.2, -0.15) is 0 Å². The molecule has 5 nitrogen and oxygen atoms in total. The van der Waals surface area contributed by atoms with E-state index >= 15 is 0 Å². The van der Waals surface area contributed by atoms with E-state index in [0.29, 0.717) is 10.6 Å². The van der Waals surface area contributed by atoms with Gasteiger partial charge in [0.25, 0.3) is 5.91 Å². The highest BCUT2D eigenvalue weighted by molar-refractivity contribution is 6.33. The second-order valence-corrected chi connectivity index (χ2v) is 10.4. The van der Waals surface area contributed by atoms with Crippen molar-refractivity contribution in [3.8, 4) is 0 Å². The number of hydrogen-bond acceptors (Lipinski definition) is 3. The highest BCUT2D eigenvalue weighted by Gasteiger charge is 2.33. The number of piperidine rings is 1. The Morgan fingerprint density at radius 1 is 1.17 bits per heavy atom. The van der Waals surface area contributed by atoms with E-state index < -0.39 is 5.60 Å². The van der Waals surface area contributed by atoms with E-state index in [2.05, 4.69) is 6.92 Å². The van der Waals surface area contributed by atoms with E-state index in [0.717, 1.165) is 51.6 Å². The van der Waals surface area contributed by atoms with Crippen LogP contribution in [-0.4, -0.2) is 54.6 Å². The average Bonchev–Trinajstić information content (AvgIpc) is 2.64. The summed E-state index contributed by atoms with van der Waals surface area (Å²) in [7, 11) is 3.45. The Hall–Kier alpha value is -1.75. The number of carbonyl (C=O) groups is 2. The topological polar surface area (TPSA) is 49.9 Å². The fourth-order valence-corrected chi connectivity index (χ4v) is 4.10. The summed E-state index contributed by atoms with van der Waals surface area (Å²) in [6.07, 6.45) is 6.16. The molecular weight excluding hydrogens is 400 g/mol. The van der Waals surface area contributed by atoms with Crippen LogP contribution in [0.5, 0.6) is 0 Å². The third kappa shape index (κ3) is 7.19. The third-order valence-corrected chi connectivity index (χ3v) is 6.10. The first-order valence-corrected chi connectivity index (χ1v) is 11.3. The molecule has 1 aromatic carbocycles. The monoisotopic (exact) mass is 436 g/mol. The number of rotatable bonds is 6. The molecule has 2 rings (SSSR count). The summed E-state index contributed by atoms with van der Waals surface area (Å²) >= 11 is 6.31. The molecule has 0 saturated carbocycles. The molecule has 0 aromatic heterocycles. The molecule has 1 heterocycles. The van der Waals surface area contributed by atoms with Crippen LogP contribution in [0, 0.1) is 5.41 Å². The molecule has 6 heteroatoms. The normalized spacial score (nSPS) is 16.3. The Morgan fingerprint density at radius 3 is 2.33 bits per heavy atom. The van der Waals surface area contributed by atoms with E-state index in [-0.39, 0.29) is 17.4 Å². The number of hydrogen-bond donors (Lipinski definition) is 0. The molecule has 1 aromatic rings. The Morgan fingerprint density at radius 2 is 1.80 bits per heavy atom. The Bertz CT molecular complexity index is 747. The predicted molar refractivity (Wildman–Crippen MR) is 122 cm³/mol. The largest absolute Gasteiger partial charge is 0.444 e. The zero-order chi connectivity index (χ0) is 22.5. The van der Waals surface area contributed by atoms with Crippen LogP contribution in [0.1, 0.15) is 75.7 Å². The van der Waals surface area contributed by atoms with Crippen LogP contribution >= 0.6 is 11.6 Å². The van der Waals surface area contributed by atoms with Crippen LogP contribution in [-0.2, 0) is 11.2 Å². The molecule has 2 amide bonds. The first-order valence-electron chi connectivity index (χ1n) is 10.9. The van der Waals surface area contributed by atoms with Gasteiger partial charge in [-0.1, -0.05) is 31.0 Å². The zero-order valence-corrected chi connectivity index (χ0v) is 20.1. The molecule has 0 aliphatic carbocycles. The van der Waals surface area contributed by atoms with Gasteiger partial charge in [-0.15, -0.1) is 0 Å². The zero-order valence-electron chi connectivity index (χ0n) is 19.4. The molecule has 1 saturated heterocycles. The van der Waals surface area contributed by atoms with Crippen LogP contribution in [0.15, 0.2) is 18.2 Å². The summed E-state index contributed by atoms with van der Waals surface area (Å²) in [5.41, 5.74) is 1.55. The van der Waals surface area contributed by atoms with Crippen molar-refractivity contribution in [3.05, 3.63) is 34.3 Å². The summed E-state index contributed by atoms with van der Waals surface area (Å²) in [6, 6.07) is 5.75. The van der Waals surface area contributed by atoms with E-state index in [4.69, 9.17) is 16.3 Å². The smallest absolute Gasteiger partial charge is 0.410 e. The summed E-state index contributed by atoms with van der Waals surface area (Å²) in [5, 5.41) is 0.521. The van der Waals surface area contributed by atoms with E-state index in [9.17, 15) is 9.59 Å². The number of amides is 2. The minimum Gasteiger partial charge on any atom is -0.444 e. The second-order valence-electron chi connectivity index (χ2n) is 10.00. The van der Waals surface area contributed by atoms with Crippen molar-refractivity contribution in [2.75, 3.05) is 27.2 Å². The molecule has 0 unspecified atom stereocenters. The third-order valence-electron chi connectivity index (χ3n) is 5.79. The molecule has 0 bridgehead atoms. The van der Waals surface area contributed by atoms with Crippen molar-refractivity contribution in [3.63, 3.8) is 0 Å². The maximum Gasteiger partial charge on any atom is 0.410 e. The van der Waals surface area contributed by atoms with Gasteiger partial charge in [0.1, 0.15) is 5.60 Å².